The predicted molar refractivity (Wildman–Crippen MR) is 488 cm³/mol. The molecule has 8 aliphatic rings. The number of benzene rings is 13. The van der Waals surface area contributed by atoms with Crippen molar-refractivity contribution in [2.75, 3.05) is 0 Å². The monoisotopic (exact) mass is 1490 g/mol. The average molecular weight is 1490 g/mol. The summed E-state index contributed by atoms with van der Waals surface area (Å²) in [5, 5.41) is 2.83. The van der Waals surface area contributed by atoms with E-state index in [2.05, 4.69) is 294 Å². The smallest absolute Gasteiger partial charge is 0.242 e. The van der Waals surface area contributed by atoms with Crippen LogP contribution < -0.4 is 32.8 Å². The Bertz CT molecular complexity index is 6500. The third kappa shape index (κ3) is 12.1. The minimum Gasteiger partial charge on any atom is -0.309 e. The highest BCUT2D eigenvalue weighted by atomic mass is 15.0. The lowest BCUT2D eigenvalue weighted by atomic mass is 9.34. The molecule has 8 saturated carbocycles. The Hall–Kier alpha value is -10.4. The zero-order valence-corrected chi connectivity index (χ0v) is 68.6. The van der Waals surface area contributed by atoms with Crippen molar-refractivity contribution in [1.29, 1.82) is 0 Å². The van der Waals surface area contributed by atoms with Crippen LogP contribution in [0, 0.1) is 107 Å². The van der Waals surface area contributed by atoms with Gasteiger partial charge in [-0.2, -0.15) is 0 Å². The van der Waals surface area contributed by atoms with E-state index in [-0.39, 0.29) is 81.1 Å². The Morgan fingerprint density at radius 3 is 0.974 bits per heavy atom. The number of rotatable bonds is 13. The minimum absolute atomic E-state index is 0.0102. The SMILES string of the molecule is Cc1cc(C)c(B(c2ccc(C34CC5CC(C3)CC(c3ccc(-c6ccc7c(c6)c6ccccc6n7-c6ccccc6)cc3)(C5)C4)cc2)c2c(C)cc(C)cc2C)c(C)c1.[2H]c1c([2H])c([2H])c2c(c1[2H])c1c([2H])c([2H])c([2H])c([2H])c1n2-c1ccc(C23CC4CC(CC(c5ccc(B(c6c(C)cc(C)cc6C)c6c(C)cc(C)cc6C)cc5)(C4)C2)C3)cc1. The van der Waals surface area contributed by atoms with E-state index in [1.54, 1.807) is 15.7 Å². The molecule has 4 atom stereocenters. The Morgan fingerprint density at radius 2 is 0.588 bits per heavy atom. The van der Waals surface area contributed by atoms with Crippen LogP contribution in [0.2, 0.25) is 0 Å². The minimum atomic E-state index is -0.428. The van der Waals surface area contributed by atoms with E-state index in [1.807, 2.05) is 12.1 Å². The maximum atomic E-state index is 8.97. The molecule has 23 rings (SSSR count). The van der Waals surface area contributed by atoms with Crippen molar-refractivity contribution in [2.24, 2.45) is 23.7 Å². The van der Waals surface area contributed by atoms with E-state index in [9.17, 15) is 0 Å². The van der Waals surface area contributed by atoms with Crippen molar-refractivity contribution in [1.82, 2.24) is 9.13 Å². The summed E-state index contributed by atoms with van der Waals surface area (Å²) in [5.74, 6) is 2.86. The predicted octanol–water partition coefficient (Wildman–Crippen LogP) is 23.5. The van der Waals surface area contributed by atoms with Gasteiger partial charge in [0.15, 0.2) is 0 Å². The highest BCUT2D eigenvalue weighted by Crippen LogP contribution is 2.68. The summed E-state index contributed by atoms with van der Waals surface area (Å²) in [6.07, 6.45) is 15.1. The van der Waals surface area contributed by atoms with Crippen molar-refractivity contribution < 1.29 is 11.0 Å². The molecule has 114 heavy (non-hydrogen) atoms. The first-order valence-electron chi connectivity index (χ1n) is 46.3. The molecule has 2 heterocycles. The van der Waals surface area contributed by atoms with Gasteiger partial charge >= 0.3 is 0 Å². The maximum absolute atomic E-state index is 8.97. The van der Waals surface area contributed by atoms with Crippen LogP contribution in [0.3, 0.4) is 0 Å². The van der Waals surface area contributed by atoms with Gasteiger partial charge in [-0.15, -0.1) is 0 Å². The molecule has 2 aromatic heterocycles. The summed E-state index contributed by atoms with van der Waals surface area (Å²) in [7, 11) is 0. The molecule has 2 nitrogen and oxygen atoms in total. The van der Waals surface area contributed by atoms with Crippen LogP contribution in [0.4, 0.5) is 0 Å². The highest BCUT2D eigenvalue weighted by Gasteiger charge is 2.60. The molecule has 8 aliphatic carbocycles. The Morgan fingerprint density at radius 1 is 0.281 bits per heavy atom. The number of hydrogen-bond donors (Lipinski definition) is 0. The lowest BCUT2D eigenvalue weighted by molar-refractivity contribution is -0.0282. The van der Waals surface area contributed by atoms with Crippen LogP contribution in [0.25, 0.3) is 66.1 Å². The van der Waals surface area contributed by atoms with Gasteiger partial charge in [0.05, 0.1) is 33.0 Å². The second kappa shape index (κ2) is 27.7. The second-order valence-corrected chi connectivity index (χ2v) is 37.2. The third-order valence-corrected chi connectivity index (χ3v) is 29.2. The maximum Gasteiger partial charge on any atom is 0.242 e. The average Bonchev–Trinajstić information content (AvgIpc) is 0.887. The Balaban J connectivity index is 0.000000155. The Labute approximate surface area is 689 Å². The number of nitrogens with zero attached hydrogens (tertiary/aromatic N) is 2. The largest absolute Gasteiger partial charge is 0.309 e. The van der Waals surface area contributed by atoms with E-state index < -0.39 is 24.2 Å². The van der Waals surface area contributed by atoms with Gasteiger partial charge in [0.25, 0.3) is 0 Å². The molecule has 0 radical (unpaired) electrons. The van der Waals surface area contributed by atoms with Gasteiger partial charge in [0.2, 0.25) is 13.4 Å². The van der Waals surface area contributed by atoms with Crippen molar-refractivity contribution in [3.8, 4) is 22.5 Å². The fourth-order valence-corrected chi connectivity index (χ4v) is 26.1. The molecule has 4 unspecified atom stereocenters. The zero-order chi connectivity index (χ0) is 84.8. The van der Waals surface area contributed by atoms with Gasteiger partial charge in [-0.25, -0.2) is 0 Å². The molecule has 8 fully saturated rings. The van der Waals surface area contributed by atoms with E-state index in [0.29, 0.717) is 17.5 Å². The summed E-state index contributed by atoms with van der Waals surface area (Å²) >= 11 is 0. The van der Waals surface area contributed by atoms with Crippen molar-refractivity contribution in [3.05, 3.63) is 356 Å². The second-order valence-electron chi connectivity index (χ2n) is 37.2. The van der Waals surface area contributed by atoms with Gasteiger partial charge < -0.3 is 9.13 Å². The topological polar surface area (TPSA) is 9.86 Å². The zero-order valence-electron chi connectivity index (χ0n) is 76.6. The van der Waals surface area contributed by atoms with Crippen LogP contribution >= 0.6 is 0 Å². The lowest BCUT2D eigenvalue weighted by Gasteiger charge is -2.63. The van der Waals surface area contributed by atoms with Crippen LogP contribution in [0.15, 0.2) is 267 Å². The highest BCUT2D eigenvalue weighted by molar-refractivity contribution is 6.97. The molecular weight excluding hydrogens is 1370 g/mol. The van der Waals surface area contributed by atoms with Gasteiger partial charge in [-0.05, 0) is 293 Å². The van der Waals surface area contributed by atoms with E-state index in [0.717, 1.165) is 31.1 Å². The fraction of sp³-hybridized carbons (Fsp3) is 0.291. The number of aromatic nitrogens is 2. The summed E-state index contributed by atoms with van der Waals surface area (Å²) in [6, 6.07) is 80.9. The number of hydrogen-bond acceptors (Lipinski definition) is 0. The van der Waals surface area contributed by atoms with E-state index >= 15 is 0 Å². The molecule has 0 N–H and O–H groups in total. The van der Waals surface area contributed by atoms with E-state index in [4.69, 9.17) is 11.0 Å². The first-order valence-corrected chi connectivity index (χ1v) is 42.3. The molecule has 8 bridgehead atoms. The van der Waals surface area contributed by atoms with Crippen LogP contribution in [-0.4, -0.2) is 22.6 Å². The standard InChI is InChI=1S/C58H56BN.C52H52BN/c1-37-26-39(3)55(40(4)27-37)59(56-41(5)28-38(2)29-42(56)6)49-23-21-48(22-24-49)58-34-43-30-44(35-58)33-57(32-43,36-58)47-19-16-45(17-20-47)46-18-25-54-52(31-46)51-14-10-11-15-53(51)60(54)50-12-8-7-9-13-50;1-33-23-35(3)49(36(4)24-33)53(50-37(5)25-34(2)26-38(50)6)43-19-15-41(16-20-43)51-28-39-27-40(29-51)31-52(30-39,32-51)42-17-21-44(22-18-42)54-47-13-9-7-11-45(47)46-12-8-10-14-48(46)54/h7-29,31,43-44H,30,32-36H2,1-6H3;7-26,39-40H,27-32H2,1-6H3/i;7D,8D,9D,10D,11D,12D,13D,14D. The van der Waals surface area contributed by atoms with Crippen molar-refractivity contribution in [2.45, 2.75) is 182 Å². The molecule has 0 saturated heterocycles. The first-order chi connectivity index (χ1) is 58.5. The van der Waals surface area contributed by atoms with Crippen LogP contribution in [0.5, 0.6) is 0 Å². The van der Waals surface area contributed by atoms with Gasteiger partial charge in [0.1, 0.15) is 0 Å². The van der Waals surface area contributed by atoms with E-state index in [1.165, 1.54) is 207 Å². The molecule has 0 amide bonds. The quantitative estimate of drug-likeness (QED) is 0.102. The molecule has 4 heteroatoms. The normalized spacial score (nSPS) is 23.4. The number of aryl methyl sites for hydroxylation is 12. The molecular formula is C110H108B2N2. The number of fused-ring (bicyclic) bond motifs is 6. The molecule has 0 spiro atoms. The van der Waals surface area contributed by atoms with Crippen LogP contribution in [0.1, 0.15) is 177 Å². The fourth-order valence-electron chi connectivity index (χ4n) is 26.1. The first kappa shape index (κ1) is 63.9. The van der Waals surface area contributed by atoms with Gasteiger partial charge in [-0.3, -0.25) is 0 Å². The summed E-state index contributed by atoms with van der Waals surface area (Å²) in [5.41, 5.74) is 38.3. The summed E-state index contributed by atoms with van der Waals surface area (Å²) in [6.45, 7) is 27.5. The molecule has 564 valence electrons. The van der Waals surface area contributed by atoms with Gasteiger partial charge in [-0.1, -0.05) is 312 Å². The summed E-state index contributed by atoms with van der Waals surface area (Å²) < 4.78 is 73.6. The van der Waals surface area contributed by atoms with Crippen molar-refractivity contribution >= 4 is 89.8 Å². The van der Waals surface area contributed by atoms with Crippen molar-refractivity contribution in [3.63, 3.8) is 0 Å². The molecule has 0 aliphatic heterocycles. The van der Waals surface area contributed by atoms with Gasteiger partial charge in [0, 0.05) is 32.9 Å². The molecule has 13 aromatic carbocycles. The summed E-state index contributed by atoms with van der Waals surface area (Å²) in [4.78, 5) is 0. The Kier molecular flexibility index (Phi) is 15.5. The lowest BCUT2D eigenvalue weighted by Crippen LogP contribution is -2.57. The number of para-hydroxylation sites is 4. The third-order valence-electron chi connectivity index (χ3n) is 29.2. The molecule has 15 aromatic rings. The van der Waals surface area contributed by atoms with Crippen LogP contribution in [-0.2, 0) is 21.7 Å².